The molecule has 0 amide bonds. The van der Waals surface area contributed by atoms with Crippen LogP contribution < -0.4 is 11.1 Å². The number of hydrogen-bond acceptors (Lipinski definition) is 11. The van der Waals surface area contributed by atoms with Gasteiger partial charge in [0.2, 0.25) is 5.60 Å². The lowest BCUT2D eigenvalue weighted by Crippen LogP contribution is -2.47. The summed E-state index contributed by atoms with van der Waals surface area (Å²) in [5.41, 5.74) is 4.71. The standard InChI is InChI=1S/C23H29F3N6O6/c1-12(21(35)37-14-4-2-13(3-5-14)23(24,25)26)30-11-36-9-22(8-27)19(34)17(33)18(38-22)15-6-7-16-20(28)29-10-31-32(15)16/h6-7,10,12-14,17-19,30,33-34H,2-5,9,11H2,1H3,(H2,28,29,31)/t12-,13?,14?,17-,18-,19-,22+/m0/s1. The van der Waals surface area contributed by atoms with E-state index in [1.165, 1.54) is 17.8 Å². The number of rotatable bonds is 8. The summed E-state index contributed by atoms with van der Waals surface area (Å²) in [5, 5.41) is 37.9. The zero-order chi connectivity index (χ0) is 27.7. The van der Waals surface area contributed by atoms with E-state index in [1.54, 1.807) is 12.1 Å². The minimum atomic E-state index is -4.24. The van der Waals surface area contributed by atoms with Gasteiger partial charge >= 0.3 is 12.1 Å². The molecule has 12 nitrogen and oxygen atoms in total. The Bertz CT molecular complexity index is 1180. The van der Waals surface area contributed by atoms with Crippen molar-refractivity contribution in [1.29, 1.82) is 5.26 Å². The quantitative estimate of drug-likeness (QED) is 0.212. The van der Waals surface area contributed by atoms with Crippen molar-refractivity contribution < 1.29 is 42.4 Å². The van der Waals surface area contributed by atoms with Gasteiger partial charge < -0.3 is 30.2 Å². The summed E-state index contributed by atoms with van der Waals surface area (Å²) >= 11 is 0. The topological polar surface area (TPSA) is 177 Å². The van der Waals surface area contributed by atoms with Crippen molar-refractivity contribution in [3.8, 4) is 6.07 Å². The number of carbonyl (C=O) groups is 1. The molecule has 208 valence electrons. The highest BCUT2D eigenvalue weighted by molar-refractivity contribution is 5.75. The molecular formula is C23H29F3N6O6. The molecule has 2 aromatic heterocycles. The number of carbonyl (C=O) groups excluding carboxylic acids is 1. The van der Waals surface area contributed by atoms with Crippen LogP contribution in [0.25, 0.3) is 5.52 Å². The number of alkyl halides is 3. The number of aliphatic hydroxyl groups is 2. The molecule has 5 atom stereocenters. The minimum Gasteiger partial charge on any atom is -0.461 e. The van der Waals surface area contributed by atoms with E-state index in [-0.39, 0.29) is 38.2 Å². The molecule has 1 saturated heterocycles. The summed E-state index contributed by atoms with van der Waals surface area (Å²) in [4.78, 5) is 16.2. The average molecular weight is 543 g/mol. The number of nitriles is 1. The van der Waals surface area contributed by atoms with E-state index in [0.29, 0.717) is 11.2 Å². The third-order valence-corrected chi connectivity index (χ3v) is 7.02. The predicted molar refractivity (Wildman–Crippen MR) is 123 cm³/mol. The minimum absolute atomic E-state index is 0.0862. The van der Waals surface area contributed by atoms with Crippen molar-refractivity contribution in [2.45, 2.75) is 74.8 Å². The van der Waals surface area contributed by atoms with Crippen molar-refractivity contribution in [1.82, 2.24) is 19.9 Å². The molecule has 4 rings (SSSR count). The van der Waals surface area contributed by atoms with Crippen LogP contribution >= 0.6 is 0 Å². The second-order valence-electron chi connectivity index (χ2n) is 9.55. The number of nitrogens with one attached hydrogen (secondary N) is 1. The summed E-state index contributed by atoms with van der Waals surface area (Å²) in [6.45, 7) is 0.809. The van der Waals surface area contributed by atoms with Crippen LogP contribution in [0.4, 0.5) is 19.0 Å². The van der Waals surface area contributed by atoms with Crippen LogP contribution in [0.15, 0.2) is 18.5 Å². The number of halogens is 3. The number of ether oxygens (including phenoxy) is 3. The fourth-order valence-corrected chi connectivity index (χ4v) is 4.72. The van der Waals surface area contributed by atoms with Crippen molar-refractivity contribution in [2.24, 2.45) is 5.92 Å². The molecule has 1 aliphatic heterocycles. The van der Waals surface area contributed by atoms with E-state index in [0.717, 1.165) is 0 Å². The first kappa shape index (κ1) is 28.0. The molecule has 0 aromatic carbocycles. The zero-order valence-electron chi connectivity index (χ0n) is 20.5. The van der Waals surface area contributed by atoms with E-state index < -0.39 is 60.7 Å². The Kier molecular flexibility index (Phi) is 8.09. The number of fused-ring (bicyclic) bond motifs is 1. The Hall–Kier alpha value is -3.03. The first-order valence-electron chi connectivity index (χ1n) is 12.1. The number of nitrogen functional groups attached to an aromatic ring is 1. The number of aliphatic hydroxyl groups excluding tert-OH is 2. The molecule has 0 bridgehead atoms. The molecule has 2 aromatic rings. The van der Waals surface area contributed by atoms with Crippen LogP contribution in [0.3, 0.4) is 0 Å². The summed E-state index contributed by atoms with van der Waals surface area (Å²) < 4.78 is 56.4. The van der Waals surface area contributed by atoms with Gasteiger partial charge in [0.25, 0.3) is 0 Å². The molecule has 0 spiro atoms. The molecule has 15 heteroatoms. The summed E-state index contributed by atoms with van der Waals surface area (Å²) in [5.74, 6) is -1.82. The fraction of sp³-hybridized carbons (Fsp3) is 0.652. The first-order valence-corrected chi connectivity index (χ1v) is 12.1. The number of esters is 1. The van der Waals surface area contributed by atoms with E-state index in [2.05, 4.69) is 15.4 Å². The maximum atomic E-state index is 12.8. The SMILES string of the molecule is C[C@H](NCOC[C@@]1(C#N)O[C@@H](c2ccc3c(N)ncnn23)[C@H](O)[C@@H]1O)C(=O)OC1CCC(C(F)(F)F)CC1. The lowest BCUT2D eigenvalue weighted by Gasteiger charge is -2.30. The van der Waals surface area contributed by atoms with Crippen LogP contribution in [-0.4, -0.2) is 80.2 Å². The Morgan fingerprint density at radius 1 is 1.37 bits per heavy atom. The number of nitrogens with two attached hydrogens (primary N) is 1. The first-order chi connectivity index (χ1) is 18.0. The third kappa shape index (κ3) is 5.54. The lowest BCUT2D eigenvalue weighted by atomic mass is 9.87. The van der Waals surface area contributed by atoms with Gasteiger partial charge in [-0.3, -0.25) is 10.1 Å². The normalized spacial score (nSPS) is 30.7. The Morgan fingerprint density at radius 3 is 2.74 bits per heavy atom. The van der Waals surface area contributed by atoms with Crippen LogP contribution in [-0.2, 0) is 19.0 Å². The molecule has 1 aliphatic carbocycles. The van der Waals surface area contributed by atoms with E-state index in [9.17, 15) is 33.4 Å². The van der Waals surface area contributed by atoms with E-state index >= 15 is 0 Å². The van der Waals surface area contributed by atoms with Gasteiger partial charge in [0.15, 0.2) is 5.82 Å². The molecular weight excluding hydrogens is 513 g/mol. The molecule has 0 radical (unpaired) electrons. The largest absolute Gasteiger partial charge is 0.461 e. The van der Waals surface area contributed by atoms with Crippen molar-refractivity contribution in [2.75, 3.05) is 19.1 Å². The predicted octanol–water partition coefficient (Wildman–Crippen LogP) is 0.983. The monoisotopic (exact) mass is 542 g/mol. The molecule has 2 aliphatic rings. The molecule has 2 fully saturated rings. The van der Waals surface area contributed by atoms with Crippen LogP contribution in [0.5, 0.6) is 0 Å². The van der Waals surface area contributed by atoms with E-state index in [1.807, 2.05) is 6.07 Å². The Labute approximate surface area is 215 Å². The van der Waals surface area contributed by atoms with Crippen LogP contribution in [0.2, 0.25) is 0 Å². The van der Waals surface area contributed by atoms with Gasteiger partial charge in [-0.1, -0.05) is 0 Å². The number of hydrogen-bond donors (Lipinski definition) is 4. The van der Waals surface area contributed by atoms with Crippen molar-refractivity contribution >= 4 is 17.3 Å². The number of nitrogens with zero attached hydrogens (tertiary/aromatic N) is 4. The van der Waals surface area contributed by atoms with Crippen molar-refractivity contribution in [3.05, 3.63) is 24.2 Å². The van der Waals surface area contributed by atoms with Gasteiger partial charge in [-0.15, -0.1) is 0 Å². The number of anilines is 1. The molecule has 3 heterocycles. The van der Waals surface area contributed by atoms with Gasteiger partial charge in [0.05, 0.1) is 24.9 Å². The fourth-order valence-electron chi connectivity index (χ4n) is 4.72. The van der Waals surface area contributed by atoms with Gasteiger partial charge in [0, 0.05) is 0 Å². The van der Waals surface area contributed by atoms with Gasteiger partial charge in [-0.2, -0.15) is 23.5 Å². The third-order valence-electron chi connectivity index (χ3n) is 7.02. The van der Waals surface area contributed by atoms with Crippen LogP contribution in [0.1, 0.15) is 44.4 Å². The Balaban J connectivity index is 1.28. The second kappa shape index (κ2) is 11.0. The second-order valence-corrected chi connectivity index (χ2v) is 9.55. The number of aromatic nitrogens is 3. The van der Waals surface area contributed by atoms with Gasteiger partial charge in [-0.05, 0) is 44.7 Å². The summed E-state index contributed by atoms with van der Waals surface area (Å²) in [6, 6.07) is 4.21. The highest BCUT2D eigenvalue weighted by Crippen LogP contribution is 2.41. The van der Waals surface area contributed by atoms with E-state index in [4.69, 9.17) is 19.9 Å². The van der Waals surface area contributed by atoms with Gasteiger partial charge in [0.1, 0.15) is 48.4 Å². The maximum absolute atomic E-state index is 12.8. The smallest absolute Gasteiger partial charge is 0.391 e. The average Bonchev–Trinajstić information content (AvgIpc) is 3.42. The van der Waals surface area contributed by atoms with Gasteiger partial charge in [-0.25, -0.2) is 9.50 Å². The lowest BCUT2D eigenvalue weighted by molar-refractivity contribution is -0.189. The zero-order valence-corrected chi connectivity index (χ0v) is 20.5. The highest BCUT2D eigenvalue weighted by atomic mass is 19.4. The highest BCUT2D eigenvalue weighted by Gasteiger charge is 2.56. The Morgan fingerprint density at radius 2 is 2.08 bits per heavy atom. The molecule has 38 heavy (non-hydrogen) atoms. The summed E-state index contributed by atoms with van der Waals surface area (Å²) in [7, 11) is 0. The van der Waals surface area contributed by atoms with Crippen molar-refractivity contribution in [3.63, 3.8) is 0 Å². The molecule has 1 saturated carbocycles. The molecule has 5 N–H and O–H groups in total. The summed E-state index contributed by atoms with van der Waals surface area (Å²) in [6.07, 6.45) is -7.75. The maximum Gasteiger partial charge on any atom is 0.391 e. The molecule has 0 unspecified atom stereocenters. The van der Waals surface area contributed by atoms with Crippen LogP contribution in [0, 0.1) is 17.2 Å².